The Morgan fingerprint density at radius 1 is 1.25 bits per heavy atom. The van der Waals surface area contributed by atoms with Crippen molar-refractivity contribution < 1.29 is 14.3 Å². The zero-order chi connectivity index (χ0) is 17.3. The second-order valence-corrected chi connectivity index (χ2v) is 7.06. The molecule has 0 radical (unpaired) electrons. The number of halogens is 1. The fourth-order valence-electron chi connectivity index (χ4n) is 4.43. The van der Waals surface area contributed by atoms with Crippen molar-refractivity contribution in [1.82, 2.24) is 19.7 Å². The second kappa shape index (κ2) is 4.64. The summed E-state index contributed by atoms with van der Waals surface area (Å²) in [4.78, 5) is 22.6. The van der Waals surface area contributed by atoms with Crippen LogP contribution in [0.25, 0.3) is 11.0 Å². The number of hydrogen-bond donors (Lipinski definition) is 1. The summed E-state index contributed by atoms with van der Waals surface area (Å²) in [6.45, 7) is 3.83. The normalized spacial score (nSPS) is 29.4. The van der Waals surface area contributed by atoms with Gasteiger partial charge in [-0.15, -0.1) is 0 Å². The van der Waals surface area contributed by atoms with E-state index in [1.807, 2.05) is 6.92 Å². The molecule has 0 spiro atoms. The standard InChI is InChI=1S/C16H20FN5O2/c1-9-11-12(21(3)20-9)13(19-10(2)18-11)22-7-15(14(23)24)5-4-6-16(15,17)8-22/h4-8H2,1-3H3,(H,23,24)/t15-,16-/m0/s1. The summed E-state index contributed by atoms with van der Waals surface area (Å²) in [6.07, 6.45) is 1.26. The molecule has 1 saturated heterocycles. The molecule has 24 heavy (non-hydrogen) atoms. The first-order valence-electron chi connectivity index (χ1n) is 8.13. The van der Waals surface area contributed by atoms with Crippen LogP contribution in [0.2, 0.25) is 0 Å². The van der Waals surface area contributed by atoms with E-state index in [4.69, 9.17) is 0 Å². The highest BCUT2D eigenvalue weighted by atomic mass is 19.1. The van der Waals surface area contributed by atoms with Gasteiger partial charge in [0.1, 0.15) is 27.9 Å². The van der Waals surface area contributed by atoms with Gasteiger partial charge in [-0.2, -0.15) is 5.10 Å². The molecule has 0 aromatic carbocycles. The summed E-state index contributed by atoms with van der Waals surface area (Å²) in [5, 5.41) is 14.1. The van der Waals surface area contributed by atoms with Crippen LogP contribution in [-0.2, 0) is 11.8 Å². The average Bonchev–Trinajstić information content (AvgIpc) is 3.06. The highest BCUT2D eigenvalue weighted by molar-refractivity contribution is 5.89. The molecular weight excluding hydrogens is 313 g/mol. The summed E-state index contributed by atoms with van der Waals surface area (Å²) in [5.41, 5.74) is -0.818. The number of alkyl halides is 1. The molecule has 1 N–H and O–H groups in total. The van der Waals surface area contributed by atoms with Gasteiger partial charge in [-0.3, -0.25) is 9.48 Å². The van der Waals surface area contributed by atoms with Gasteiger partial charge in [0.2, 0.25) is 0 Å². The number of aliphatic carboxylic acids is 1. The van der Waals surface area contributed by atoms with Crippen molar-refractivity contribution in [3.8, 4) is 0 Å². The van der Waals surface area contributed by atoms with E-state index in [0.29, 0.717) is 24.5 Å². The minimum Gasteiger partial charge on any atom is -0.481 e. The maximum Gasteiger partial charge on any atom is 0.314 e. The smallest absolute Gasteiger partial charge is 0.314 e. The zero-order valence-corrected chi connectivity index (χ0v) is 14.0. The Balaban J connectivity index is 1.87. The van der Waals surface area contributed by atoms with Crippen molar-refractivity contribution in [2.45, 2.75) is 38.8 Å². The Bertz CT molecular complexity index is 866. The number of rotatable bonds is 2. The first kappa shape index (κ1) is 15.3. The molecule has 0 unspecified atom stereocenters. The van der Waals surface area contributed by atoms with Crippen LogP contribution < -0.4 is 4.90 Å². The minimum atomic E-state index is -1.71. The molecule has 4 rings (SSSR count). The van der Waals surface area contributed by atoms with E-state index in [1.54, 1.807) is 23.6 Å². The number of anilines is 1. The van der Waals surface area contributed by atoms with Gasteiger partial charge in [-0.1, -0.05) is 0 Å². The van der Waals surface area contributed by atoms with Crippen molar-refractivity contribution >= 4 is 22.8 Å². The van der Waals surface area contributed by atoms with Gasteiger partial charge in [0, 0.05) is 13.6 Å². The van der Waals surface area contributed by atoms with Gasteiger partial charge in [0.15, 0.2) is 5.82 Å². The lowest BCUT2D eigenvalue weighted by molar-refractivity contribution is -0.153. The van der Waals surface area contributed by atoms with E-state index in [0.717, 1.165) is 16.7 Å². The van der Waals surface area contributed by atoms with Crippen molar-refractivity contribution in [3.05, 3.63) is 11.5 Å². The molecule has 128 valence electrons. The monoisotopic (exact) mass is 333 g/mol. The molecule has 2 fully saturated rings. The molecular formula is C16H20FN5O2. The number of hydrogen-bond acceptors (Lipinski definition) is 5. The highest BCUT2D eigenvalue weighted by Crippen LogP contribution is 2.55. The quantitative estimate of drug-likeness (QED) is 0.901. The van der Waals surface area contributed by atoms with Gasteiger partial charge in [-0.25, -0.2) is 14.4 Å². The Morgan fingerprint density at radius 2 is 2.00 bits per heavy atom. The molecule has 2 aliphatic rings. The lowest BCUT2D eigenvalue weighted by Gasteiger charge is -2.27. The Kier molecular flexibility index (Phi) is 2.96. The number of fused-ring (bicyclic) bond motifs is 2. The molecule has 1 aliphatic heterocycles. The van der Waals surface area contributed by atoms with Crippen LogP contribution in [0.1, 0.15) is 30.8 Å². The Morgan fingerprint density at radius 3 is 2.67 bits per heavy atom. The first-order valence-corrected chi connectivity index (χ1v) is 8.13. The highest BCUT2D eigenvalue weighted by Gasteiger charge is 2.66. The van der Waals surface area contributed by atoms with Crippen LogP contribution in [0.3, 0.4) is 0 Å². The zero-order valence-electron chi connectivity index (χ0n) is 14.0. The van der Waals surface area contributed by atoms with Crippen LogP contribution in [0.5, 0.6) is 0 Å². The van der Waals surface area contributed by atoms with Crippen molar-refractivity contribution in [1.29, 1.82) is 0 Å². The van der Waals surface area contributed by atoms with Crippen LogP contribution in [0.4, 0.5) is 10.2 Å². The van der Waals surface area contributed by atoms with Crippen LogP contribution in [-0.4, -0.2) is 49.6 Å². The lowest BCUT2D eigenvalue weighted by atomic mass is 9.78. The minimum absolute atomic E-state index is 0.0507. The molecule has 2 atom stereocenters. The molecule has 3 heterocycles. The van der Waals surface area contributed by atoms with Gasteiger partial charge in [0.25, 0.3) is 0 Å². The Labute approximate surface area is 138 Å². The number of nitrogens with zero attached hydrogens (tertiary/aromatic N) is 5. The number of aryl methyl sites for hydroxylation is 3. The van der Waals surface area contributed by atoms with Gasteiger partial charge in [0.05, 0.1) is 12.2 Å². The van der Waals surface area contributed by atoms with Crippen molar-refractivity contribution in [2.75, 3.05) is 18.0 Å². The lowest BCUT2D eigenvalue weighted by Crippen LogP contribution is -2.45. The van der Waals surface area contributed by atoms with E-state index >= 15 is 4.39 Å². The largest absolute Gasteiger partial charge is 0.481 e. The fraction of sp³-hybridized carbons (Fsp3) is 0.625. The third kappa shape index (κ3) is 1.76. The summed E-state index contributed by atoms with van der Waals surface area (Å²) in [6, 6.07) is 0. The fourth-order valence-corrected chi connectivity index (χ4v) is 4.43. The molecule has 2 aromatic heterocycles. The molecule has 0 amide bonds. The van der Waals surface area contributed by atoms with E-state index < -0.39 is 17.1 Å². The second-order valence-electron chi connectivity index (χ2n) is 7.06. The van der Waals surface area contributed by atoms with Crippen LogP contribution in [0, 0.1) is 19.3 Å². The summed E-state index contributed by atoms with van der Waals surface area (Å²) in [7, 11) is 1.80. The first-order chi connectivity index (χ1) is 11.3. The molecule has 0 bridgehead atoms. The molecule has 7 nitrogen and oxygen atoms in total. The summed E-state index contributed by atoms with van der Waals surface area (Å²) < 4.78 is 17.1. The number of carbonyl (C=O) groups is 1. The summed E-state index contributed by atoms with van der Waals surface area (Å²) in [5.74, 6) is 0.101. The van der Waals surface area contributed by atoms with Gasteiger partial charge >= 0.3 is 5.97 Å². The molecule has 1 aliphatic carbocycles. The van der Waals surface area contributed by atoms with Crippen molar-refractivity contribution in [3.63, 3.8) is 0 Å². The van der Waals surface area contributed by atoms with Crippen molar-refractivity contribution in [2.24, 2.45) is 12.5 Å². The predicted octanol–water partition coefficient (Wildman–Crippen LogP) is 1.76. The Hall–Kier alpha value is -2.25. The third-order valence-electron chi connectivity index (χ3n) is 5.59. The predicted molar refractivity (Wildman–Crippen MR) is 85.7 cm³/mol. The van der Waals surface area contributed by atoms with Gasteiger partial charge < -0.3 is 10.0 Å². The van der Waals surface area contributed by atoms with E-state index in [2.05, 4.69) is 15.1 Å². The number of aromatic nitrogens is 4. The topological polar surface area (TPSA) is 84.1 Å². The SMILES string of the molecule is Cc1nc(N2C[C@@]3(F)CCC[C@@]3(C(=O)O)C2)c2c(n1)c(C)nn2C. The maximum atomic E-state index is 15.5. The van der Waals surface area contributed by atoms with E-state index in [1.165, 1.54) is 0 Å². The molecule has 8 heteroatoms. The van der Waals surface area contributed by atoms with Gasteiger partial charge in [-0.05, 0) is 33.1 Å². The van der Waals surface area contributed by atoms with E-state index in [-0.39, 0.29) is 19.5 Å². The number of carboxylic acids is 1. The molecule has 1 saturated carbocycles. The van der Waals surface area contributed by atoms with Crippen LogP contribution >= 0.6 is 0 Å². The third-order valence-corrected chi connectivity index (χ3v) is 5.59. The number of carboxylic acid groups (broad SMARTS) is 1. The average molecular weight is 333 g/mol. The van der Waals surface area contributed by atoms with E-state index in [9.17, 15) is 9.90 Å². The summed E-state index contributed by atoms with van der Waals surface area (Å²) >= 11 is 0. The van der Waals surface area contributed by atoms with Crippen LogP contribution in [0.15, 0.2) is 0 Å². The molecule has 2 aromatic rings. The maximum absolute atomic E-state index is 15.5.